The first-order valence-electron chi connectivity index (χ1n) is 6.02. The quantitative estimate of drug-likeness (QED) is 0.886. The van der Waals surface area contributed by atoms with Crippen LogP contribution < -0.4 is 5.32 Å². The SMILES string of the molecule is CC(NCc1cc(Br)ccc1O)c1ccc(F)cc1. The molecule has 4 heteroatoms. The van der Waals surface area contributed by atoms with Gasteiger partial charge in [-0.25, -0.2) is 4.39 Å². The molecule has 0 fully saturated rings. The normalized spacial score (nSPS) is 12.4. The molecule has 0 heterocycles. The zero-order chi connectivity index (χ0) is 13.8. The third-order valence-electron chi connectivity index (χ3n) is 3.01. The predicted molar refractivity (Wildman–Crippen MR) is 77.5 cm³/mol. The average molecular weight is 324 g/mol. The largest absolute Gasteiger partial charge is 0.508 e. The lowest BCUT2D eigenvalue weighted by atomic mass is 10.1. The Hall–Kier alpha value is -1.39. The number of hydrogen-bond acceptors (Lipinski definition) is 2. The lowest BCUT2D eigenvalue weighted by Crippen LogP contribution is -2.18. The summed E-state index contributed by atoms with van der Waals surface area (Å²) < 4.78 is 13.8. The molecule has 2 N–H and O–H groups in total. The molecule has 0 aliphatic rings. The van der Waals surface area contributed by atoms with Crippen LogP contribution in [0.25, 0.3) is 0 Å². The first kappa shape index (κ1) is 14.0. The second-order valence-corrected chi connectivity index (χ2v) is 5.34. The highest BCUT2D eigenvalue weighted by Gasteiger charge is 2.07. The summed E-state index contributed by atoms with van der Waals surface area (Å²) in [6.07, 6.45) is 0. The molecular weight excluding hydrogens is 309 g/mol. The van der Waals surface area contributed by atoms with Crippen molar-refractivity contribution in [3.8, 4) is 5.75 Å². The van der Waals surface area contributed by atoms with Crippen molar-refractivity contribution >= 4 is 15.9 Å². The summed E-state index contributed by atoms with van der Waals surface area (Å²) in [5.74, 6) is 0.0302. The number of nitrogens with one attached hydrogen (secondary N) is 1. The number of halogens is 2. The molecule has 0 spiro atoms. The van der Waals surface area contributed by atoms with Crippen molar-refractivity contribution < 1.29 is 9.50 Å². The second-order valence-electron chi connectivity index (χ2n) is 4.43. The molecule has 0 saturated carbocycles. The third-order valence-corrected chi connectivity index (χ3v) is 3.50. The predicted octanol–water partition coefficient (Wildman–Crippen LogP) is 4.14. The molecule has 0 aromatic heterocycles. The summed E-state index contributed by atoms with van der Waals surface area (Å²) in [5, 5.41) is 13.0. The molecule has 1 unspecified atom stereocenters. The number of phenols is 1. The Morgan fingerprint density at radius 2 is 1.89 bits per heavy atom. The second kappa shape index (κ2) is 6.17. The number of hydrogen-bond donors (Lipinski definition) is 2. The minimum atomic E-state index is -0.236. The zero-order valence-electron chi connectivity index (χ0n) is 10.5. The molecule has 0 saturated heterocycles. The summed E-state index contributed by atoms with van der Waals surface area (Å²) in [7, 11) is 0. The number of aromatic hydroxyl groups is 1. The Morgan fingerprint density at radius 3 is 2.58 bits per heavy atom. The first-order valence-corrected chi connectivity index (χ1v) is 6.82. The van der Waals surface area contributed by atoms with Crippen molar-refractivity contribution in [2.45, 2.75) is 19.5 Å². The highest BCUT2D eigenvalue weighted by atomic mass is 79.9. The fraction of sp³-hybridized carbons (Fsp3) is 0.200. The summed E-state index contributed by atoms with van der Waals surface area (Å²) in [6, 6.07) is 11.8. The van der Waals surface area contributed by atoms with Gasteiger partial charge in [0.05, 0.1) is 0 Å². The fourth-order valence-electron chi connectivity index (χ4n) is 1.83. The van der Waals surface area contributed by atoms with E-state index in [1.54, 1.807) is 24.3 Å². The minimum absolute atomic E-state index is 0.0824. The Morgan fingerprint density at radius 1 is 1.21 bits per heavy atom. The molecule has 0 bridgehead atoms. The van der Waals surface area contributed by atoms with E-state index in [1.807, 2.05) is 13.0 Å². The molecule has 0 amide bonds. The van der Waals surface area contributed by atoms with Crippen LogP contribution in [0.4, 0.5) is 4.39 Å². The summed E-state index contributed by atoms with van der Waals surface area (Å²) in [4.78, 5) is 0. The zero-order valence-corrected chi connectivity index (χ0v) is 12.1. The fourth-order valence-corrected chi connectivity index (χ4v) is 2.24. The van der Waals surface area contributed by atoms with Crippen molar-refractivity contribution in [2.75, 3.05) is 0 Å². The van der Waals surface area contributed by atoms with Gasteiger partial charge in [0.15, 0.2) is 0 Å². The highest BCUT2D eigenvalue weighted by Crippen LogP contribution is 2.22. The van der Waals surface area contributed by atoms with Crippen molar-refractivity contribution in [2.24, 2.45) is 0 Å². The van der Waals surface area contributed by atoms with E-state index in [2.05, 4.69) is 21.2 Å². The van der Waals surface area contributed by atoms with E-state index in [9.17, 15) is 9.50 Å². The van der Waals surface area contributed by atoms with Gasteiger partial charge in [0.25, 0.3) is 0 Å². The lowest BCUT2D eigenvalue weighted by molar-refractivity contribution is 0.460. The van der Waals surface area contributed by atoms with Gasteiger partial charge in [-0.05, 0) is 42.8 Å². The maximum atomic E-state index is 12.8. The monoisotopic (exact) mass is 323 g/mol. The van der Waals surface area contributed by atoms with Crippen LogP contribution in [0.1, 0.15) is 24.1 Å². The van der Waals surface area contributed by atoms with Crippen molar-refractivity contribution in [1.82, 2.24) is 5.32 Å². The van der Waals surface area contributed by atoms with Crippen molar-refractivity contribution in [1.29, 1.82) is 0 Å². The molecule has 2 nitrogen and oxygen atoms in total. The molecule has 2 aromatic carbocycles. The summed E-state index contributed by atoms with van der Waals surface area (Å²) in [6.45, 7) is 2.55. The Kier molecular flexibility index (Phi) is 4.56. The standard InChI is InChI=1S/C15H15BrFNO/c1-10(11-2-5-14(17)6-3-11)18-9-12-8-13(16)4-7-15(12)19/h2-8,10,18-19H,9H2,1H3. The van der Waals surface area contributed by atoms with E-state index in [4.69, 9.17) is 0 Å². The molecule has 0 aliphatic heterocycles. The topological polar surface area (TPSA) is 32.3 Å². The van der Waals surface area contributed by atoms with Gasteiger partial charge in [0.2, 0.25) is 0 Å². The van der Waals surface area contributed by atoms with E-state index in [0.29, 0.717) is 6.54 Å². The molecule has 1 atom stereocenters. The Labute approximate surface area is 120 Å². The first-order chi connectivity index (χ1) is 9.06. The maximum Gasteiger partial charge on any atom is 0.123 e. The van der Waals surface area contributed by atoms with Gasteiger partial charge in [-0.2, -0.15) is 0 Å². The summed E-state index contributed by atoms with van der Waals surface area (Å²) >= 11 is 3.38. The van der Waals surface area contributed by atoms with Gasteiger partial charge < -0.3 is 10.4 Å². The molecule has 100 valence electrons. The molecule has 2 rings (SSSR count). The van der Waals surface area contributed by atoms with Crippen LogP contribution in [0.15, 0.2) is 46.9 Å². The van der Waals surface area contributed by atoms with Crippen LogP contribution in [0.2, 0.25) is 0 Å². The third kappa shape index (κ3) is 3.78. The average Bonchev–Trinajstić information content (AvgIpc) is 2.40. The van der Waals surface area contributed by atoms with Crippen LogP contribution >= 0.6 is 15.9 Å². The van der Waals surface area contributed by atoms with E-state index in [-0.39, 0.29) is 17.6 Å². The van der Waals surface area contributed by atoms with E-state index in [1.165, 1.54) is 12.1 Å². The van der Waals surface area contributed by atoms with Gasteiger partial charge in [-0.15, -0.1) is 0 Å². The smallest absolute Gasteiger partial charge is 0.123 e. The van der Waals surface area contributed by atoms with Gasteiger partial charge in [0, 0.05) is 22.6 Å². The molecule has 19 heavy (non-hydrogen) atoms. The van der Waals surface area contributed by atoms with Crippen molar-refractivity contribution in [3.63, 3.8) is 0 Å². The maximum absolute atomic E-state index is 12.8. The molecular formula is C15H15BrFNO. The number of phenolic OH excluding ortho intramolecular Hbond substituents is 1. The Bertz CT molecular complexity index is 557. The van der Waals surface area contributed by atoms with Crippen LogP contribution in [0.5, 0.6) is 5.75 Å². The van der Waals surface area contributed by atoms with E-state index < -0.39 is 0 Å². The van der Waals surface area contributed by atoms with Crippen LogP contribution in [-0.4, -0.2) is 5.11 Å². The number of benzene rings is 2. The van der Waals surface area contributed by atoms with Gasteiger partial charge in [-0.3, -0.25) is 0 Å². The Balaban J connectivity index is 2.02. The lowest BCUT2D eigenvalue weighted by Gasteiger charge is -2.15. The van der Waals surface area contributed by atoms with Crippen molar-refractivity contribution in [3.05, 3.63) is 63.9 Å². The summed E-state index contributed by atoms with van der Waals surface area (Å²) in [5.41, 5.74) is 1.83. The molecule has 0 radical (unpaired) electrons. The minimum Gasteiger partial charge on any atom is -0.508 e. The van der Waals surface area contributed by atoms with E-state index >= 15 is 0 Å². The van der Waals surface area contributed by atoms with Gasteiger partial charge in [0.1, 0.15) is 11.6 Å². The van der Waals surface area contributed by atoms with Gasteiger partial charge in [-0.1, -0.05) is 28.1 Å². The molecule has 0 aliphatic carbocycles. The van der Waals surface area contributed by atoms with Crippen LogP contribution in [0.3, 0.4) is 0 Å². The van der Waals surface area contributed by atoms with Crippen LogP contribution in [0, 0.1) is 5.82 Å². The molecule has 2 aromatic rings. The number of rotatable bonds is 4. The highest BCUT2D eigenvalue weighted by molar-refractivity contribution is 9.10. The van der Waals surface area contributed by atoms with E-state index in [0.717, 1.165) is 15.6 Å². The van der Waals surface area contributed by atoms with Crippen LogP contribution in [-0.2, 0) is 6.54 Å². The van der Waals surface area contributed by atoms with Gasteiger partial charge >= 0.3 is 0 Å².